The van der Waals surface area contributed by atoms with Crippen LogP contribution in [0.3, 0.4) is 0 Å². The summed E-state index contributed by atoms with van der Waals surface area (Å²) in [5, 5.41) is 2.17. The number of ether oxygens (including phenoxy) is 1. The molecule has 28 heavy (non-hydrogen) atoms. The molecule has 1 saturated heterocycles. The van der Waals surface area contributed by atoms with Crippen molar-refractivity contribution in [3.05, 3.63) is 71.0 Å². The Bertz CT molecular complexity index is 985. The lowest BCUT2D eigenvalue weighted by Crippen LogP contribution is -2.50. The number of carbonyl (C=O) groups is 1. The van der Waals surface area contributed by atoms with Gasteiger partial charge in [0.1, 0.15) is 11.6 Å². The molecule has 0 bridgehead atoms. The molecular weight excluding hydrogens is 423 g/mol. The van der Waals surface area contributed by atoms with Crippen LogP contribution in [0.1, 0.15) is 0 Å². The van der Waals surface area contributed by atoms with Gasteiger partial charge in [0, 0.05) is 31.9 Å². The Morgan fingerprint density at radius 2 is 1.68 bits per heavy atom. The van der Waals surface area contributed by atoms with Gasteiger partial charge >= 0.3 is 0 Å². The molecule has 0 aromatic heterocycles. The van der Waals surface area contributed by atoms with E-state index < -0.39 is 0 Å². The molecule has 6 heteroatoms. The quantitative estimate of drug-likeness (QED) is 0.597. The summed E-state index contributed by atoms with van der Waals surface area (Å²) in [5.41, 5.74) is 0.977. The van der Waals surface area contributed by atoms with E-state index in [1.165, 1.54) is 12.1 Å². The molecule has 0 saturated carbocycles. The van der Waals surface area contributed by atoms with Gasteiger partial charge < -0.3 is 14.5 Å². The highest BCUT2D eigenvalue weighted by Gasteiger charge is 2.22. The number of halogens is 2. The average Bonchev–Trinajstić information content (AvgIpc) is 2.74. The van der Waals surface area contributed by atoms with Gasteiger partial charge in [0.25, 0.3) is 5.91 Å². The second kappa shape index (κ2) is 8.19. The van der Waals surface area contributed by atoms with Gasteiger partial charge in [0.05, 0.1) is 4.47 Å². The van der Waals surface area contributed by atoms with Crippen molar-refractivity contribution in [3.63, 3.8) is 0 Å². The van der Waals surface area contributed by atoms with E-state index in [0.717, 1.165) is 34.0 Å². The Labute approximate surface area is 171 Å². The lowest BCUT2D eigenvalue weighted by Gasteiger charge is -2.36. The number of nitrogens with zero attached hydrogens (tertiary/aromatic N) is 2. The van der Waals surface area contributed by atoms with Gasteiger partial charge in [-0.1, -0.05) is 30.3 Å². The maximum Gasteiger partial charge on any atom is 0.260 e. The first-order chi connectivity index (χ1) is 13.6. The zero-order chi connectivity index (χ0) is 19.5. The van der Waals surface area contributed by atoms with Crippen LogP contribution in [0.5, 0.6) is 5.75 Å². The minimum Gasteiger partial charge on any atom is -0.483 e. The number of anilines is 1. The average molecular weight is 443 g/mol. The summed E-state index contributed by atoms with van der Waals surface area (Å²) in [6.07, 6.45) is 0. The van der Waals surface area contributed by atoms with Crippen LogP contribution in [0.25, 0.3) is 10.8 Å². The van der Waals surface area contributed by atoms with Crippen LogP contribution in [0.4, 0.5) is 10.1 Å². The summed E-state index contributed by atoms with van der Waals surface area (Å²) in [7, 11) is 0. The second-order valence-electron chi connectivity index (χ2n) is 6.73. The molecule has 4 nitrogen and oxygen atoms in total. The van der Waals surface area contributed by atoms with Gasteiger partial charge in [-0.3, -0.25) is 4.79 Å². The van der Waals surface area contributed by atoms with Crippen LogP contribution in [0, 0.1) is 5.82 Å². The lowest BCUT2D eigenvalue weighted by molar-refractivity contribution is -0.133. The normalized spacial score (nSPS) is 14.4. The maximum atomic E-state index is 13.1. The Morgan fingerprint density at radius 1 is 0.964 bits per heavy atom. The molecule has 1 aliphatic heterocycles. The number of rotatable bonds is 4. The van der Waals surface area contributed by atoms with E-state index in [9.17, 15) is 9.18 Å². The van der Waals surface area contributed by atoms with E-state index in [0.29, 0.717) is 18.8 Å². The summed E-state index contributed by atoms with van der Waals surface area (Å²) in [6, 6.07) is 18.4. The molecule has 0 spiro atoms. The molecular formula is C22H20BrFN2O2. The van der Waals surface area contributed by atoms with E-state index >= 15 is 0 Å². The van der Waals surface area contributed by atoms with Gasteiger partial charge in [-0.05, 0) is 57.0 Å². The fourth-order valence-electron chi connectivity index (χ4n) is 3.42. The van der Waals surface area contributed by atoms with Gasteiger partial charge in [0.2, 0.25) is 0 Å². The van der Waals surface area contributed by atoms with Crippen LogP contribution in [0.15, 0.2) is 65.1 Å². The van der Waals surface area contributed by atoms with Crippen molar-refractivity contribution < 1.29 is 13.9 Å². The molecule has 0 N–H and O–H groups in total. The minimum absolute atomic E-state index is 0.00743. The molecule has 0 unspecified atom stereocenters. The molecule has 1 fully saturated rings. The zero-order valence-electron chi connectivity index (χ0n) is 15.3. The third-order valence-corrected chi connectivity index (χ3v) is 5.82. The summed E-state index contributed by atoms with van der Waals surface area (Å²) in [4.78, 5) is 16.5. The molecule has 0 radical (unpaired) electrons. The van der Waals surface area contributed by atoms with Crippen LogP contribution >= 0.6 is 15.9 Å². The Kier molecular flexibility index (Phi) is 5.48. The van der Waals surface area contributed by atoms with Crippen molar-refractivity contribution >= 4 is 38.3 Å². The third kappa shape index (κ3) is 3.97. The van der Waals surface area contributed by atoms with E-state index in [2.05, 4.69) is 20.8 Å². The lowest BCUT2D eigenvalue weighted by atomic mass is 10.1. The summed E-state index contributed by atoms with van der Waals surface area (Å²) in [6.45, 7) is 2.69. The molecule has 0 atom stereocenters. The number of carbonyl (C=O) groups excluding carboxylic acids is 1. The van der Waals surface area contributed by atoms with Gasteiger partial charge in [-0.15, -0.1) is 0 Å². The first kappa shape index (κ1) is 18.7. The first-order valence-electron chi connectivity index (χ1n) is 9.20. The van der Waals surface area contributed by atoms with Gasteiger partial charge in [-0.2, -0.15) is 0 Å². The molecule has 0 aliphatic carbocycles. The number of amides is 1. The van der Waals surface area contributed by atoms with Crippen molar-refractivity contribution in [2.45, 2.75) is 0 Å². The summed E-state index contributed by atoms with van der Waals surface area (Å²) in [5.74, 6) is 0.394. The maximum absolute atomic E-state index is 13.1. The second-order valence-corrected chi connectivity index (χ2v) is 7.52. The highest BCUT2D eigenvalue weighted by atomic mass is 79.9. The van der Waals surface area contributed by atoms with Gasteiger partial charge in [-0.25, -0.2) is 4.39 Å². The van der Waals surface area contributed by atoms with Crippen molar-refractivity contribution in [1.29, 1.82) is 0 Å². The smallest absolute Gasteiger partial charge is 0.260 e. The first-order valence-corrected chi connectivity index (χ1v) is 9.99. The monoisotopic (exact) mass is 442 g/mol. The molecule has 4 rings (SSSR count). The van der Waals surface area contributed by atoms with Crippen molar-refractivity contribution in [2.24, 2.45) is 0 Å². The summed E-state index contributed by atoms with van der Waals surface area (Å²) < 4.78 is 19.7. The highest BCUT2D eigenvalue weighted by Crippen LogP contribution is 2.33. The van der Waals surface area contributed by atoms with E-state index in [4.69, 9.17) is 4.74 Å². The third-order valence-electron chi connectivity index (χ3n) is 5.00. The number of fused-ring (bicyclic) bond motifs is 1. The minimum atomic E-state index is -0.241. The van der Waals surface area contributed by atoms with Crippen molar-refractivity contribution in [2.75, 3.05) is 37.7 Å². The zero-order valence-corrected chi connectivity index (χ0v) is 16.9. The molecule has 144 valence electrons. The fraction of sp³-hybridized carbons (Fsp3) is 0.227. The van der Waals surface area contributed by atoms with E-state index in [1.54, 1.807) is 12.1 Å². The highest BCUT2D eigenvalue weighted by molar-refractivity contribution is 9.10. The van der Waals surface area contributed by atoms with Crippen LogP contribution in [-0.2, 0) is 4.79 Å². The Hall–Kier alpha value is -2.60. The molecule has 1 aliphatic rings. The Balaban J connectivity index is 1.34. The van der Waals surface area contributed by atoms with Gasteiger partial charge in [0.15, 0.2) is 6.61 Å². The largest absolute Gasteiger partial charge is 0.483 e. The predicted octanol–water partition coefficient (Wildman–Crippen LogP) is 4.47. The fourth-order valence-corrected chi connectivity index (χ4v) is 4.03. The summed E-state index contributed by atoms with van der Waals surface area (Å²) >= 11 is 3.58. The number of piperazine rings is 1. The van der Waals surface area contributed by atoms with E-state index in [1.807, 2.05) is 41.3 Å². The predicted molar refractivity (Wildman–Crippen MR) is 112 cm³/mol. The van der Waals surface area contributed by atoms with Crippen molar-refractivity contribution in [3.8, 4) is 5.75 Å². The van der Waals surface area contributed by atoms with E-state index in [-0.39, 0.29) is 18.3 Å². The molecule has 3 aromatic carbocycles. The van der Waals surface area contributed by atoms with Crippen LogP contribution in [-0.4, -0.2) is 43.6 Å². The number of benzene rings is 3. The van der Waals surface area contributed by atoms with Crippen LogP contribution in [0.2, 0.25) is 0 Å². The number of hydrogen-bond acceptors (Lipinski definition) is 3. The molecule has 1 heterocycles. The molecule has 3 aromatic rings. The van der Waals surface area contributed by atoms with Crippen molar-refractivity contribution in [1.82, 2.24) is 4.90 Å². The topological polar surface area (TPSA) is 32.8 Å². The SMILES string of the molecule is O=C(COc1ccc2ccccc2c1Br)N1CCN(c2ccc(F)cc2)CC1. The standard InChI is InChI=1S/C22H20BrFN2O2/c23-22-19-4-2-1-3-16(19)5-10-20(22)28-15-21(27)26-13-11-25(12-14-26)18-8-6-17(24)7-9-18/h1-10H,11-15H2. The van der Waals surface area contributed by atoms with Crippen LogP contribution < -0.4 is 9.64 Å². The number of hydrogen-bond donors (Lipinski definition) is 0. The Morgan fingerprint density at radius 3 is 2.43 bits per heavy atom. The molecule has 1 amide bonds.